The molecule has 13 atom stereocenters. The summed E-state index contributed by atoms with van der Waals surface area (Å²) in [6.07, 6.45) is 105. The van der Waals surface area contributed by atoms with Crippen LogP contribution < -0.4 is 0 Å². The fraction of sp³-hybridized carbons (Fsp3) is 0.654. The SMILES string of the molecule is C1=CC(N(C2=CCCCC2)C2=CC[C@H](C3=CC[C@H](C/C(=C/[C@H]4C=C[C@@H]([C@@H]5C=CC(N(C6=CCCCC6)C6=CC[C@@H](C7=CC[C@@H](C8=CC[C@@H](N(C9C=CCCC9)[C@H]9CC=CCC9)CC8)CC7)CC6)CC5)CC4)[C@@H]4CC=CCC4)CC3)CC2)CCC1. The van der Waals surface area contributed by atoms with Crippen molar-refractivity contribution in [1.82, 2.24) is 14.7 Å². The van der Waals surface area contributed by atoms with E-state index >= 15 is 0 Å². The first-order valence-corrected chi connectivity index (χ1v) is 36.5. The third-order valence-electron chi connectivity index (χ3n) is 24.2. The summed E-state index contributed by atoms with van der Waals surface area (Å²) >= 11 is 0. The normalized spacial score (nSPS) is 36.0. The summed E-state index contributed by atoms with van der Waals surface area (Å²) in [6, 6.07) is 3.24. The molecule has 0 aromatic heterocycles. The average molecular weight is 1130 g/mol. The Hall–Kier alpha value is -4.08. The lowest BCUT2D eigenvalue weighted by Gasteiger charge is -2.45. The van der Waals surface area contributed by atoms with Crippen molar-refractivity contribution in [2.45, 2.75) is 287 Å². The van der Waals surface area contributed by atoms with Crippen molar-refractivity contribution in [3.05, 3.63) is 167 Å². The highest BCUT2D eigenvalue weighted by molar-refractivity contribution is 5.29. The third-order valence-corrected chi connectivity index (χ3v) is 24.2. The third kappa shape index (κ3) is 14.6. The molecule has 0 aliphatic heterocycles. The van der Waals surface area contributed by atoms with Gasteiger partial charge in [0.1, 0.15) is 0 Å². The van der Waals surface area contributed by atoms with Crippen LogP contribution in [-0.2, 0) is 0 Å². The van der Waals surface area contributed by atoms with E-state index in [1.807, 2.05) is 11.1 Å². The molecule has 0 heterocycles. The molecule has 13 aliphatic carbocycles. The van der Waals surface area contributed by atoms with Gasteiger partial charge in [0.25, 0.3) is 0 Å². The Labute approximate surface area is 512 Å². The van der Waals surface area contributed by atoms with Crippen LogP contribution >= 0.6 is 0 Å². The molecule has 3 heteroatoms. The van der Waals surface area contributed by atoms with E-state index in [9.17, 15) is 0 Å². The summed E-state index contributed by atoms with van der Waals surface area (Å²) in [6.45, 7) is 0. The lowest BCUT2D eigenvalue weighted by molar-refractivity contribution is 0.0774. The van der Waals surface area contributed by atoms with Crippen molar-refractivity contribution in [2.75, 3.05) is 0 Å². The molecule has 0 saturated carbocycles. The largest absolute Gasteiger partial charge is 0.342 e. The zero-order valence-electron chi connectivity index (χ0n) is 52.7. The van der Waals surface area contributed by atoms with Crippen molar-refractivity contribution in [2.24, 2.45) is 47.3 Å². The monoisotopic (exact) mass is 1130 g/mol. The highest BCUT2D eigenvalue weighted by Gasteiger charge is 2.37. The summed E-state index contributed by atoms with van der Waals surface area (Å²) in [4.78, 5) is 8.74. The first-order valence-electron chi connectivity index (χ1n) is 36.5. The van der Waals surface area contributed by atoms with Crippen molar-refractivity contribution < 1.29 is 0 Å². The Morgan fingerprint density at radius 2 is 0.929 bits per heavy atom. The van der Waals surface area contributed by atoms with Gasteiger partial charge in [-0.3, -0.25) is 4.90 Å². The molecule has 0 N–H and O–H groups in total. The van der Waals surface area contributed by atoms with E-state index < -0.39 is 0 Å². The van der Waals surface area contributed by atoms with Gasteiger partial charge in [0.15, 0.2) is 0 Å². The summed E-state index contributed by atoms with van der Waals surface area (Å²) < 4.78 is 0. The van der Waals surface area contributed by atoms with Gasteiger partial charge in [0, 0.05) is 40.9 Å². The van der Waals surface area contributed by atoms with Crippen LogP contribution in [0.5, 0.6) is 0 Å². The van der Waals surface area contributed by atoms with E-state index in [4.69, 9.17) is 0 Å². The summed E-state index contributed by atoms with van der Waals surface area (Å²) in [5.41, 5.74) is 13.8. The molecule has 0 saturated heterocycles. The lowest BCUT2D eigenvalue weighted by Crippen LogP contribution is -2.50. The van der Waals surface area contributed by atoms with Gasteiger partial charge >= 0.3 is 0 Å². The number of nitrogens with zero attached hydrogens (tertiary/aromatic N) is 3. The molecule has 0 radical (unpaired) electrons. The van der Waals surface area contributed by atoms with Crippen LogP contribution in [0.4, 0.5) is 0 Å². The van der Waals surface area contributed by atoms with E-state index in [0.717, 1.165) is 41.7 Å². The zero-order valence-corrected chi connectivity index (χ0v) is 52.7. The van der Waals surface area contributed by atoms with E-state index in [1.54, 1.807) is 33.9 Å². The maximum Gasteiger partial charge on any atom is 0.0516 e. The van der Waals surface area contributed by atoms with Crippen LogP contribution in [0, 0.1) is 47.3 Å². The topological polar surface area (TPSA) is 9.72 Å². The molecule has 0 spiro atoms. The summed E-state index contributed by atoms with van der Waals surface area (Å²) in [5, 5.41) is 0. The van der Waals surface area contributed by atoms with Gasteiger partial charge in [-0.1, -0.05) is 144 Å². The Morgan fingerprint density at radius 1 is 0.357 bits per heavy atom. The maximum absolute atomic E-state index is 3.01. The highest BCUT2D eigenvalue weighted by Crippen LogP contribution is 2.47. The number of hydrogen-bond acceptors (Lipinski definition) is 3. The Morgan fingerprint density at radius 3 is 1.43 bits per heavy atom. The van der Waals surface area contributed by atoms with Crippen molar-refractivity contribution >= 4 is 0 Å². The second kappa shape index (κ2) is 29.3. The molecule has 452 valence electrons. The molecule has 0 fully saturated rings. The van der Waals surface area contributed by atoms with E-state index in [2.05, 4.69) is 136 Å². The zero-order chi connectivity index (χ0) is 56.3. The molecular formula is C81H113N3. The van der Waals surface area contributed by atoms with E-state index in [-0.39, 0.29) is 0 Å². The van der Waals surface area contributed by atoms with Crippen LogP contribution in [0.15, 0.2) is 167 Å². The number of hydrogen-bond donors (Lipinski definition) is 0. The molecule has 0 amide bonds. The number of allylic oxidation sites excluding steroid dienone is 23. The molecule has 0 aromatic rings. The van der Waals surface area contributed by atoms with E-state index in [1.165, 1.54) is 257 Å². The van der Waals surface area contributed by atoms with Crippen molar-refractivity contribution in [3.8, 4) is 0 Å². The minimum atomic E-state index is 0.523. The second-order valence-electron chi connectivity index (χ2n) is 29.5. The van der Waals surface area contributed by atoms with Crippen molar-refractivity contribution in [1.29, 1.82) is 0 Å². The average Bonchev–Trinajstić information content (AvgIpc) is 3.73. The minimum absolute atomic E-state index is 0.523. The Kier molecular flexibility index (Phi) is 20.5. The van der Waals surface area contributed by atoms with Crippen LogP contribution in [0.3, 0.4) is 0 Å². The van der Waals surface area contributed by atoms with Gasteiger partial charge in [0.2, 0.25) is 0 Å². The first-order chi connectivity index (χ1) is 41.6. The van der Waals surface area contributed by atoms with Gasteiger partial charge in [-0.15, -0.1) is 0 Å². The molecule has 0 aromatic carbocycles. The molecule has 0 bridgehead atoms. The molecule has 84 heavy (non-hydrogen) atoms. The van der Waals surface area contributed by atoms with Crippen LogP contribution in [0.25, 0.3) is 0 Å². The van der Waals surface area contributed by atoms with Gasteiger partial charge in [-0.2, -0.15) is 0 Å². The molecule has 3 unspecified atom stereocenters. The van der Waals surface area contributed by atoms with Gasteiger partial charge < -0.3 is 9.80 Å². The smallest absolute Gasteiger partial charge is 0.0516 e. The standard InChI is InChI=1S/C81H113N3/c1-7-19-63(20-8-1)72(59-61-31-35-64(36-32-61)68-43-51-78(52-44-68)82(73-21-9-2-10-22-73)74-23-11-3-12-24-74)60-62-33-37-65(38-34-62)69-45-55-80(56-46-69)84(77-29-17-6-18-30-77)81-57-49-71(50-58-81)67-41-39-66(40-42-67)70-47-53-79(54-48-70)83(75-25-13-4-14-26-75)76-27-15-5-16-28-76/h1,4,7,9,13,15,21,23,27,29,33,35,37,41,45,47,51,55,57,60-63,65-66,68-69,71,73,75-76,79-80H,2-3,5-6,8,10-12,14,16-20,22,24-26,28,30-32,34,36,38-40,42-44,46,48-50,52-54,56,58-59H2/b72-60-/t61-,62-,63+,65+,66+,68-,69+,71+,73?,75-,76?,79+,80?/m0/s1. The Bertz CT molecular complexity index is 2680. The second-order valence-corrected chi connectivity index (χ2v) is 29.5. The first kappa shape index (κ1) is 58.9. The minimum Gasteiger partial charge on any atom is -0.342 e. The van der Waals surface area contributed by atoms with Crippen LogP contribution in [0.1, 0.15) is 257 Å². The summed E-state index contributed by atoms with van der Waals surface area (Å²) in [7, 11) is 0. The van der Waals surface area contributed by atoms with Crippen LogP contribution in [-0.4, -0.2) is 44.9 Å². The van der Waals surface area contributed by atoms with Gasteiger partial charge in [-0.25, -0.2) is 0 Å². The maximum atomic E-state index is 3.01. The van der Waals surface area contributed by atoms with Gasteiger partial charge in [-0.05, 0) is 304 Å². The predicted molar refractivity (Wildman–Crippen MR) is 357 cm³/mol. The fourth-order valence-electron chi connectivity index (χ4n) is 19.4. The number of rotatable bonds is 17. The molecular weight excluding hydrogens is 1010 g/mol. The fourth-order valence-corrected chi connectivity index (χ4v) is 19.4. The van der Waals surface area contributed by atoms with E-state index in [0.29, 0.717) is 35.9 Å². The van der Waals surface area contributed by atoms with Crippen molar-refractivity contribution in [3.63, 3.8) is 0 Å². The lowest BCUT2D eigenvalue weighted by atomic mass is 9.73. The van der Waals surface area contributed by atoms with Crippen LogP contribution in [0.2, 0.25) is 0 Å². The molecule has 3 nitrogen and oxygen atoms in total. The highest BCUT2D eigenvalue weighted by atomic mass is 15.2. The quantitative estimate of drug-likeness (QED) is 0.134. The Balaban J connectivity index is 0.601. The molecule has 13 rings (SSSR count). The van der Waals surface area contributed by atoms with Gasteiger partial charge in [0.05, 0.1) is 12.1 Å². The predicted octanol–water partition coefficient (Wildman–Crippen LogP) is 22.0. The molecule has 13 aliphatic rings. The summed E-state index contributed by atoms with van der Waals surface area (Å²) in [5.74, 6) is 5.86.